The van der Waals surface area contributed by atoms with E-state index in [4.69, 9.17) is 0 Å². The van der Waals surface area contributed by atoms with Gasteiger partial charge in [0.25, 0.3) is 5.91 Å². The van der Waals surface area contributed by atoms with E-state index in [9.17, 15) is 13.2 Å². The molecule has 1 unspecified atom stereocenters. The van der Waals surface area contributed by atoms with Crippen LogP contribution in [0.2, 0.25) is 0 Å². The number of hydrogen-bond donors (Lipinski definition) is 2. The molecular formula is C20H26N4O3S2. The molecule has 0 saturated carbocycles. The Bertz CT molecular complexity index is 940. The van der Waals surface area contributed by atoms with Crippen LogP contribution in [0.15, 0.2) is 47.5 Å². The molecule has 2 aliphatic rings. The van der Waals surface area contributed by atoms with E-state index in [0.717, 1.165) is 31.0 Å². The van der Waals surface area contributed by atoms with E-state index in [1.54, 1.807) is 11.8 Å². The van der Waals surface area contributed by atoms with Crippen molar-refractivity contribution < 1.29 is 13.2 Å². The predicted octanol–water partition coefficient (Wildman–Crippen LogP) is 2.01. The topological polar surface area (TPSA) is 85.5 Å². The van der Waals surface area contributed by atoms with Gasteiger partial charge in [0.05, 0.1) is 0 Å². The lowest BCUT2D eigenvalue weighted by Gasteiger charge is -2.24. The molecule has 2 N–H and O–H groups in total. The van der Waals surface area contributed by atoms with E-state index in [-0.39, 0.29) is 16.5 Å². The number of carbonyl (C=O) groups excluding carboxylic acids is 1. The number of para-hydroxylation sites is 1. The van der Waals surface area contributed by atoms with Crippen LogP contribution in [-0.2, 0) is 10.0 Å². The van der Waals surface area contributed by atoms with Crippen LogP contribution in [0.1, 0.15) is 16.9 Å². The van der Waals surface area contributed by atoms with Crippen molar-refractivity contribution in [2.75, 3.05) is 49.1 Å². The highest BCUT2D eigenvalue weighted by Crippen LogP contribution is 2.23. The molecule has 3 heterocycles. The van der Waals surface area contributed by atoms with Gasteiger partial charge in [-0.1, -0.05) is 18.2 Å². The number of thioether (sulfide) groups is 1. The van der Waals surface area contributed by atoms with Gasteiger partial charge in [-0.2, -0.15) is 16.1 Å². The Kier molecular flexibility index (Phi) is 6.17. The molecule has 29 heavy (non-hydrogen) atoms. The maximum atomic E-state index is 12.7. The fraction of sp³-hybridized carbons (Fsp3) is 0.450. The van der Waals surface area contributed by atoms with Gasteiger partial charge in [-0.05, 0) is 30.5 Å². The van der Waals surface area contributed by atoms with E-state index in [1.165, 1.54) is 22.3 Å². The summed E-state index contributed by atoms with van der Waals surface area (Å²) in [5.74, 6) is 1.72. The first-order valence-electron chi connectivity index (χ1n) is 9.88. The number of aromatic nitrogens is 1. The molecule has 4 rings (SSSR count). The van der Waals surface area contributed by atoms with Crippen molar-refractivity contribution in [3.05, 3.63) is 48.3 Å². The first-order valence-corrected chi connectivity index (χ1v) is 12.5. The van der Waals surface area contributed by atoms with Gasteiger partial charge in [0.2, 0.25) is 10.0 Å². The van der Waals surface area contributed by atoms with Crippen LogP contribution in [0, 0.1) is 5.92 Å². The van der Waals surface area contributed by atoms with Gasteiger partial charge in [0.1, 0.15) is 10.6 Å². The van der Waals surface area contributed by atoms with E-state index in [2.05, 4.69) is 27.3 Å². The van der Waals surface area contributed by atoms with Crippen molar-refractivity contribution in [1.29, 1.82) is 0 Å². The number of H-pyrrole nitrogens is 1. The van der Waals surface area contributed by atoms with Crippen molar-refractivity contribution in [2.45, 2.75) is 11.3 Å². The fourth-order valence-electron chi connectivity index (χ4n) is 3.80. The summed E-state index contributed by atoms with van der Waals surface area (Å²) in [6.07, 6.45) is 2.44. The van der Waals surface area contributed by atoms with Gasteiger partial charge in [-0.25, -0.2) is 8.42 Å². The van der Waals surface area contributed by atoms with Crippen LogP contribution in [0.4, 0.5) is 5.69 Å². The number of aromatic amines is 1. The molecule has 1 atom stereocenters. The number of nitrogens with zero attached hydrogens (tertiary/aromatic N) is 2. The molecule has 0 bridgehead atoms. The molecule has 2 saturated heterocycles. The molecule has 1 amide bonds. The molecule has 9 heteroatoms. The maximum Gasteiger partial charge on any atom is 0.267 e. The Balaban J connectivity index is 1.32. The standard InChI is InChI=1S/C20H26N4O3S2/c25-20(22-13-16-6-7-23(15-16)17-4-2-1-3-5-17)19-12-18(14-21-19)29(26,27)24-8-10-28-11-9-24/h1-5,12,14,16,21H,6-11,13,15H2,(H,22,25). The molecule has 2 aromatic rings. The molecule has 156 valence electrons. The third-order valence-corrected chi connectivity index (χ3v) is 8.29. The minimum absolute atomic E-state index is 0.158. The molecule has 2 fully saturated rings. The highest BCUT2D eigenvalue weighted by molar-refractivity contribution is 7.99. The minimum atomic E-state index is -3.54. The summed E-state index contributed by atoms with van der Waals surface area (Å²) in [6, 6.07) is 11.7. The lowest BCUT2D eigenvalue weighted by atomic mass is 10.1. The number of amides is 1. The molecule has 1 aromatic heterocycles. The van der Waals surface area contributed by atoms with Gasteiger partial charge in [-0.15, -0.1) is 0 Å². The fourth-order valence-corrected chi connectivity index (χ4v) is 6.37. The largest absolute Gasteiger partial charge is 0.371 e. The summed E-state index contributed by atoms with van der Waals surface area (Å²) < 4.78 is 26.9. The van der Waals surface area contributed by atoms with Gasteiger partial charge >= 0.3 is 0 Å². The smallest absolute Gasteiger partial charge is 0.267 e. The molecule has 0 aliphatic carbocycles. The molecule has 7 nitrogen and oxygen atoms in total. The first-order chi connectivity index (χ1) is 14.0. The summed E-state index contributed by atoms with van der Waals surface area (Å²) in [5, 5.41) is 2.95. The number of anilines is 1. The molecule has 1 aromatic carbocycles. The number of carbonyl (C=O) groups is 1. The van der Waals surface area contributed by atoms with Crippen molar-refractivity contribution in [3.63, 3.8) is 0 Å². The van der Waals surface area contributed by atoms with Crippen LogP contribution in [-0.4, -0.2) is 67.8 Å². The van der Waals surface area contributed by atoms with Gasteiger partial charge < -0.3 is 15.2 Å². The Hall–Kier alpha value is -1.97. The molecular weight excluding hydrogens is 408 g/mol. The zero-order valence-corrected chi connectivity index (χ0v) is 17.8. The Morgan fingerprint density at radius 2 is 1.93 bits per heavy atom. The highest BCUT2D eigenvalue weighted by Gasteiger charge is 2.28. The summed E-state index contributed by atoms with van der Waals surface area (Å²) in [4.78, 5) is 17.8. The Morgan fingerprint density at radius 1 is 1.17 bits per heavy atom. The summed E-state index contributed by atoms with van der Waals surface area (Å²) >= 11 is 1.76. The van der Waals surface area contributed by atoms with Crippen LogP contribution in [0.3, 0.4) is 0 Å². The third-order valence-electron chi connectivity index (χ3n) is 5.47. The Labute approximate surface area is 175 Å². The van der Waals surface area contributed by atoms with Crippen LogP contribution in [0.5, 0.6) is 0 Å². The van der Waals surface area contributed by atoms with Crippen molar-refractivity contribution in [3.8, 4) is 0 Å². The number of sulfonamides is 1. The lowest BCUT2D eigenvalue weighted by Crippen LogP contribution is -2.37. The second kappa shape index (κ2) is 8.81. The molecule has 0 spiro atoms. The number of hydrogen-bond acceptors (Lipinski definition) is 5. The van der Waals surface area contributed by atoms with Crippen molar-refractivity contribution in [2.24, 2.45) is 5.92 Å². The molecule has 0 radical (unpaired) electrons. The maximum absolute atomic E-state index is 12.7. The van der Waals surface area contributed by atoms with Crippen LogP contribution in [0.25, 0.3) is 0 Å². The van der Waals surface area contributed by atoms with E-state index in [0.29, 0.717) is 25.6 Å². The van der Waals surface area contributed by atoms with Crippen molar-refractivity contribution in [1.82, 2.24) is 14.6 Å². The number of rotatable bonds is 6. The summed E-state index contributed by atoms with van der Waals surface area (Å²) in [7, 11) is -3.54. The normalized spacial score (nSPS) is 20.7. The van der Waals surface area contributed by atoms with Gasteiger partial charge in [-0.3, -0.25) is 4.79 Å². The second-order valence-corrected chi connectivity index (χ2v) is 10.6. The van der Waals surface area contributed by atoms with Crippen LogP contribution >= 0.6 is 11.8 Å². The first kappa shape index (κ1) is 20.3. The monoisotopic (exact) mass is 434 g/mol. The van der Waals surface area contributed by atoms with Crippen LogP contribution < -0.4 is 10.2 Å². The summed E-state index contributed by atoms with van der Waals surface area (Å²) in [6.45, 7) is 3.48. The average molecular weight is 435 g/mol. The zero-order chi connectivity index (χ0) is 20.3. The van der Waals surface area contributed by atoms with Gasteiger partial charge in [0, 0.05) is 56.1 Å². The minimum Gasteiger partial charge on any atom is -0.371 e. The Morgan fingerprint density at radius 3 is 2.69 bits per heavy atom. The predicted molar refractivity (Wildman–Crippen MR) is 116 cm³/mol. The molecule has 2 aliphatic heterocycles. The van der Waals surface area contributed by atoms with E-state index in [1.807, 2.05) is 18.2 Å². The quantitative estimate of drug-likeness (QED) is 0.727. The number of benzene rings is 1. The average Bonchev–Trinajstić information content (AvgIpc) is 3.44. The van der Waals surface area contributed by atoms with Gasteiger partial charge in [0.15, 0.2) is 0 Å². The highest BCUT2D eigenvalue weighted by atomic mass is 32.2. The number of nitrogens with one attached hydrogen (secondary N) is 2. The summed E-state index contributed by atoms with van der Waals surface area (Å²) in [5.41, 5.74) is 1.49. The van der Waals surface area contributed by atoms with E-state index >= 15 is 0 Å². The SMILES string of the molecule is O=C(NCC1CCN(c2ccccc2)C1)c1cc(S(=O)(=O)N2CCSCC2)c[nH]1. The van der Waals surface area contributed by atoms with E-state index < -0.39 is 10.0 Å². The third kappa shape index (κ3) is 4.62. The van der Waals surface area contributed by atoms with Crippen molar-refractivity contribution >= 4 is 33.4 Å². The lowest BCUT2D eigenvalue weighted by molar-refractivity contribution is 0.0944. The zero-order valence-electron chi connectivity index (χ0n) is 16.2. The second-order valence-electron chi connectivity index (χ2n) is 7.41.